The zero-order chi connectivity index (χ0) is 9.03. The Morgan fingerprint density at radius 2 is 2.42 bits per heavy atom. The summed E-state index contributed by atoms with van der Waals surface area (Å²) >= 11 is 0. The van der Waals surface area contributed by atoms with Crippen molar-refractivity contribution in [3.8, 4) is 0 Å². The summed E-state index contributed by atoms with van der Waals surface area (Å²) in [5.41, 5.74) is -0.385. The van der Waals surface area contributed by atoms with Crippen molar-refractivity contribution in [3.05, 3.63) is 12.7 Å². The molecule has 0 saturated heterocycles. The molecular weight excluding hydrogens is 148 g/mol. The molecule has 1 nitrogen and oxygen atoms in total. The quantitative estimate of drug-likeness (QED) is 0.642. The molecule has 1 aliphatic rings. The molecule has 0 radical (unpaired) electrons. The van der Waals surface area contributed by atoms with E-state index >= 15 is 0 Å². The van der Waals surface area contributed by atoms with Gasteiger partial charge in [-0.05, 0) is 38.5 Å². The summed E-state index contributed by atoms with van der Waals surface area (Å²) < 4.78 is 0. The first-order valence-corrected chi connectivity index (χ1v) is 4.97. The Labute approximate surface area is 75.5 Å². The molecule has 1 saturated carbocycles. The summed E-state index contributed by atoms with van der Waals surface area (Å²) in [7, 11) is 0. The van der Waals surface area contributed by atoms with Gasteiger partial charge in [-0.15, -0.1) is 6.58 Å². The fourth-order valence-electron chi connectivity index (χ4n) is 2.20. The van der Waals surface area contributed by atoms with E-state index in [0.29, 0.717) is 0 Å². The van der Waals surface area contributed by atoms with Gasteiger partial charge in [-0.2, -0.15) is 0 Å². The SMILES string of the molecule is C=CCCC1CCCC(C)(O)C1. The summed E-state index contributed by atoms with van der Waals surface area (Å²) in [5.74, 6) is 0.728. The van der Waals surface area contributed by atoms with E-state index in [1.54, 1.807) is 0 Å². The fourth-order valence-corrected chi connectivity index (χ4v) is 2.20. The molecule has 70 valence electrons. The molecule has 0 aliphatic heterocycles. The van der Waals surface area contributed by atoms with E-state index in [2.05, 4.69) is 6.58 Å². The van der Waals surface area contributed by atoms with Crippen LogP contribution in [0.3, 0.4) is 0 Å². The van der Waals surface area contributed by atoms with Crippen LogP contribution in [-0.2, 0) is 0 Å². The van der Waals surface area contributed by atoms with E-state index in [0.717, 1.165) is 25.2 Å². The summed E-state index contributed by atoms with van der Waals surface area (Å²) in [6.45, 7) is 5.68. The van der Waals surface area contributed by atoms with Gasteiger partial charge in [0, 0.05) is 0 Å². The average molecular weight is 168 g/mol. The summed E-state index contributed by atoms with van der Waals surface area (Å²) in [6.07, 6.45) is 8.74. The zero-order valence-corrected chi connectivity index (χ0v) is 8.05. The Balaban J connectivity index is 2.31. The maximum absolute atomic E-state index is 9.82. The Kier molecular flexibility index (Phi) is 3.33. The lowest BCUT2D eigenvalue weighted by molar-refractivity contribution is -0.000236. The van der Waals surface area contributed by atoms with E-state index in [9.17, 15) is 5.11 Å². The summed E-state index contributed by atoms with van der Waals surface area (Å²) in [5, 5.41) is 9.82. The molecule has 0 spiro atoms. The van der Waals surface area contributed by atoms with Gasteiger partial charge >= 0.3 is 0 Å². The monoisotopic (exact) mass is 168 g/mol. The minimum atomic E-state index is -0.385. The van der Waals surface area contributed by atoms with Gasteiger partial charge < -0.3 is 5.11 Å². The first-order chi connectivity index (χ1) is 5.64. The van der Waals surface area contributed by atoms with Crippen LogP contribution in [0.2, 0.25) is 0 Å². The molecule has 0 aromatic carbocycles. The van der Waals surface area contributed by atoms with Gasteiger partial charge in [-0.3, -0.25) is 0 Å². The Hall–Kier alpha value is -0.300. The third-order valence-electron chi connectivity index (χ3n) is 2.84. The Bertz CT molecular complexity index is 149. The summed E-state index contributed by atoms with van der Waals surface area (Å²) in [4.78, 5) is 0. The lowest BCUT2D eigenvalue weighted by Gasteiger charge is -2.33. The van der Waals surface area contributed by atoms with Crippen LogP contribution in [0.15, 0.2) is 12.7 Å². The van der Waals surface area contributed by atoms with Crippen LogP contribution in [0.25, 0.3) is 0 Å². The minimum Gasteiger partial charge on any atom is -0.390 e. The van der Waals surface area contributed by atoms with Gasteiger partial charge in [0.05, 0.1) is 5.60 Å². The fraction of sp³-hybridized carbons (Fsp3) is 0.818. The van der Waals surface area contributed by atoms with Crippen molar-refractivity contribution in [2.24, 2.45) is 5.92 Å². The van der Waals surface area contributed by atoms with Gasteiger partial charge in [0.2, 0.25) is 0 Å². The number of aliphatic hydroxyl groups is 1. The molecule has 1 aliphatic carbocycles. The molecule has 2 atom stereocenters. The predicted octanol–water partition coefficient (Wildman–Crippen LogP) is 2.89. The topological polar surface area (TPSA) is 20.2 Å². The predicted molar refractivity (Wildman–Crippen MR) is 52.0 cm³/mol. The van der Waals surface area contributed by atoms with Crippen LogP contribution in [0.1, 0.15) is 45.4 Å². The van der Waals surface area contributed by atoms with Gasteiger partial charge in [0.25, 0.3) is 0 Å². The van der Waals surface area contributed by atoms with Crippen molar-refractivity contribution < 1.29 is 5.11 Å². The lowest BCUT2D eigenvalue weighted by atomic mass is 9.77. The molecule has 0 aromatic rings. The number of hydrogen-bond acceptors (Lipinski definition) is 1. The Morgan fingerprint density at radius 3 is 3.00 bits per heavy atom. The highest BCUT2D eigenvalue weighted by atomic mass is 16.3. The third kappa shape index (κ3) is 2.98. The normalized spacial score (nSPS) is 36.3. The van der Waals surface area contributed by atoms with Crippen molar-refractivity contribution in [2.75, 3.05) is 0 Å². The Morgan fingerprint density at radius 1 is 1.67 bits per heavy atom. The number of allylic oxidation sites excluding steroid dienone is 1. The van der Waals surface area contributed by atoms with E-state index in [1.165, 1.54) is 19.3 Å². The maximum Gasteiger partial charge on any atom is 0.0622 e. The minimum absolute atomic E-state index is 0.385. The van der Waals surface area contributed by atoms with Gasteiger partial charge in [-0.25, -0.2) is 0 Å². The van der Waals surface area contributed by atoms with Gasteiger partial charge in [-0.1, -0.05) is 18.9 Å². The van der Waals surface area contributed by atoms with E-state index < -0.39 is 0 Å². The van der Waals surface area contributed by atoms with Crippen molar-refractivity contribution in [3.63, 3.8) is 0 Å². The van der Waals surface area contributed by atoms with Crippen molar-refractivity contribution in [1.82, 2.24) is 0 Å². The van der Waals surface area contributed by atoms with Crippen molar-refractivity contribution in [1.29, 1.82) is 0 Å². The molecule has 0 amide bonds. The van der Waals surface area contributed by atoms with Crippen LogP contribution in [0.4, 0.5) is 0 Å². The highest BCUT2D eigenvalue weighted by Gasteiger charge is 2.28. The van der Waals surface area contributed by atoms with E-state index in [4.69, 9.17) is 0 Å². The molecule has 1 fully saturated rings. The van der Waals surface area contributed by atoms with Crippen molar-refractivity contribution >= 4 is 0 Å². The molecule has 0 heterocycles. The molecule has 1 heteroatoms. The van der Waals surface area contributed by atoms with Crippen LogP contribution in [0.5, 0.6) is 0 Å². The molecule has 1 rings (SSSR count). The molecular formula is C11H20O. The van der Waals surface area contributed by atoms with Crippen LogP contribution in [0, 0.1) is 5.92 Å². The van der Waals surface area contributed by atoms with Crippen molar-refractivity contribution in [2.45, 2.75) is 51.0 Å². The standard InChI is InChI=1S/C11H20O/c1-3-4-6-10-7-5-8-11(2,12)9-10/h3,10,12H,1,4-9H2,2H3. The molecule has 1 N–H and O–H groups in total. The number of hydrogen-bond donors (Lipinski definition) is 1. The lowest BCUT2D eigenvalue weighted by Crippen LogP contribution is -2.31. The second kappa shape index (κ2) is 4.08. The van der Waals surface area contributed by atoms with E-state index in [1.807, 2.05) is 13.0 Å². The summed E-state index contributed by atoms with van der Waals surface area (Å²) in [6, 6.07) is 0. The highest BCUT2D eigenvalue weighted by molar-refractivity contribution is 4.83. The molecule has 12 heavy (non-hydrogen) atoms. The van der Waals surface area contributed by atoms with Crippen LogP contribution in [-0.4, -0.2) is 10.7 Å². The van der Waals surface area contributed by atoms with Crippen LogP contribution < -0.4 is 0 Å². The molecule has 0 bridgehead atoms. The zero-order valence-electron chi connectivity index (χ0n) is 8.05. The average Bonchev–Trinajstić information content (AvgIpc) is 1.99. The highest BCUT2D eigenvalue weighted by Crippen LogP contribution is 2.34. The number of rotatable bonds is 3. The third-order valence-corrected chi connectivity index (χ3v) is 2.84. The van der Waals surface area contributed by atoms with Gasteiger partial charge in [0.15, 0.2) is 0 Å². The second-order valence-corrected chi connectivity index (χ2v) is 4.33. The smallest absolute Gasteiger partial charge is 0.0622 e. The first-order valence-electron chi connectivity index (χ1n) is 4.97. The largest absolute Gasteiger partial charge is 0.390 e. The maximum atomic E-state index is 9.82. The van der Waals surface area contributed by atoms with Crippen LogP contribution >= 0.6 is 0 Å². The first kappa shape index (κ1) is 9.79. The van der Waals surface area contributed by atoms with Gasteiger partial charge in [0.1, 0.15) is 0 Å². The molecule has 2 unspecified atom stereocenters. The molecule has 0 aromatic heterocycles. The second-order valence-electron chi connectivity index (χ2n) is 4.33. The van der Waals surface area contributed by atoms with E-state index in [-0.39, 0.29) is 5.60 Å².